The van der Waals surface area contributed by atoms with Crippen LogP contribution in [0.5, 0.6) is 0 Å². The molecular formula is C5H6N4Na2O2. The molecule has 2 aromatic heterocycles. The van der Waals surface area contributed by atoms with Crippen LogP contribution in [-0.2, 0) is 0 Å². The Balaban J connectivity index is 0.000000720. The van der Waals surface area contributed by atoms with Crippen molar-refractivity contribution in [3.63, 3.8) is 0 Å². The van der Waals surface area contributed by atoms with Crippen LogP contribution in [0.25, 0.3) is 11.2 Å². The van der Waals surface area contributed by atoms with E-state index in [1.165, 1.54) is 6.33 Å². The number of aromatic nitrogens is 4. The average Bonchev–Trinajstić information content (AvgIpc) is 2.34. The fraction of sp³-hybridized carbons (Fsp3) is 0. The van der Waals surface area contributed by atoms with E-state index in [2.05, 4.69) is 19.9 Å². The van der Waals surface area contributed by atoms with Crippen molar-refractivity contribution in [2.75, 3.05) is 0 Å². The van der Waals surface area contributed by atoms with Crippen LogP contribution < -0.4 is 11.2 Å². The second-order valence-electron chi connectivity index (χ2n) is 2.03. The van der Waals surface area contributed by atoms with Gasteiger partial charge >= 0.3 is 64.8 Å². The van der Waals surface area contributed by atoms with Crippen LogP contribution in [0.4, 0.5) is 0 Å². The Bertz CT molecular complexity index is 499. The van der Waals surface area contributed by atoms with Gasteiger partial charge in [-0.15, -0.1) is 0 Å². The van der Waals surface area contributed by atoms with Crippen molar-refractivity contribution in [2.24, 2.45) is 0 Å². The van der Waals surface area contributed by atoms with Gasteiger partial charge in [0.2, 0.25) is 0 Å². The van der Waals surface area contributed by atoms with Gasteiger partial charge in [0.15, 0.2) is 5.65 Å². The molecule has 13 heavy (non-hydrogen) atoms. The number of hydrogen-bond donors (Lipinski definition) is 3. The molecule has 8 heteroatoms. The summed E-state index contributed by atoms with van der Waals surface area (Å²) in [7, 11) is 0. The first-order chi connectivity index (χ1) is 5.27. The van der Waals surface area contributed by atoms with Gasteiger partial charge in [-0.3, -0.25) is 14.8 Å². The molecule has 0 aliphatic rings. The third kappa shape index (κ3) is 2.55. The van der Waals surface area contributed by atoms with Crippen LogP contribution in [-0.4, -0.2) is 79.1 Å². The zero-order valence-corrected chi connectivity index (χ0v) is 5.34. The van der Waals surface area contributed by atoms with Crippen LogP contribution in [0.1, 0.15) is 0 Å². The molecule has 0 bridgehead atoms. The molecule has 2 rings (SSSR count). The summed E-state index contributed by atoms with van der Waals surface area (Å²) >= 11 is 0. The van der Waals surface area contributed by atoms with Crippen LogP contribution >= 0.6 is 0 Å². The molecule has 0 aliphatic carbocycles. The van der Waals surface area contributed by atoms with E-state index in [1.807, 2.05) is 0 Å². The number of hydrogen-bond acceptors (Lipinski definition) is 3. The summed E-state index contributed by atoms with van der Waals surface area (Å²) in [5, 5.41) is 0. The molecular weight excluding hydrogens is 194 g/mol. The van der Waals surface area contributed by atoms with Crippen LogP contribution in [0.15, 0.2) is 15.9 Å². The maximum atomic E-state index is 10.9. The first-order valence-electron chi connectivity index (χ1n) is 2.93. The molecule has 0 aliphatic heterocycles. The van der Waals surface area contributed by atoms with Crippen molar-refractivity contribution in [2.45, 2.75) is 0 Å². The van der Waals surface area contributed by atoms with Crippen LogP contribution in [0, 0.1) is 0 Å². The predicted molar refractivity (Wildman–Crippen MR) is 51.6 cm³/mol. The van der Waals surface area contributed by atoms with E-state index in [4.69, 9.17) is 0 Å². The molecule has 0 aromatic carbocycles. The molecule has 0 saturated heterocycles. The number of nitrogens with zero attached hydrogens (tertiary/aromatic N) is 1. The topological polar surface area (TPSA) is 94.4 Å². The Hall–Kier alpha value is 0.150. The first kappa shape index (κ1) is 13.2. The molecule has 2 aromatic rings. The van der Waals surface area contributed by atoms with E-state index in [-0.39, 0.29) is 70.3 Å². The minimum absolute atomic E-state index is 0. The molecule has 60 valence electrons. The second-order valence-corrected chi connectivity index (χ2v) is 2.03. The Morgan fingerprint density at radius 2 is 1.85 bits per heavy atom. The van der Waals surface area contributed by atoms with Gasteiger partial charge in [0.05, 0.1) is 6.33 Å². The second kappa shape index (κ2) is 5.14. The van der Waals surface area contributed by atoms with Gasteiger partial charge < -0.3 is 4.98 Å². The molecule has 2 heterocycles. The molecule has 0 amide bonds. The van der Waals surface area contributed by atoms with Gasteiger partial charge in [0.25, 0.3) is 5.56 Å². The monoisotopic (exact) mass is 200 g/mol. The van der Waals surface area contributed by atoms with Crippen LogP contribution in [0.3, 0.4) is 0 Å². The number of nitrogens with one attached hydrogen (secondary N) is 3. The summed E-state index contributed by atoms with van der Waals surface area (Å²) in [4.78, 5) is 32.3. The van der Waals surface area contributed by atoms with Crippen molar-refractivity contribution >= 4 is 70.3 Å². The molecule has 6 nitrogen and oxygen atoms in total. The van der Waals surface area contributed by atoms with Gasteiger partial charge in [-0.05, 0) is 0 Å². The van der Waals surface area contributed by atoms with Gasteiger partial charge in [0.1, 0.15) is 5.52 Å². The summed E-state index contributed by atoms with van der Waals surface area (Å²) in [5.74, 6) is 0. The summed E-state index contributed by atoms with van der Waals surface area (Å²) in [6.07, 6.45) is 1.34. The number of rotatable bonds is 0. The zero-order chi connectivity index (χ0) is 7.84. The van der Waals surface area contributed by atoms with E-state index in [0.717, 1.165) is 0 Å². The van der Waals surface area contributed by atoms with Crippen molar-refractivity contribution in [1.29, 1.82) is 0 Å². The fourth-order valence-electron chi connectivity index (χ4n) is 0.867. The normalized spacial score (nSPS) is 8.92. The number of H-pyrrole nitrogens is 3. The van der Waals surface area contributed by atoms with E-state index in [0.29, 0.717) is 0 Å². The SMILES string of the molecule is O=c1[nH]c(=O)c2[nH]cnc2[nH]1.[NaH].[NaH]. The van der Waals surface area contributed by atoms with Gasteiger partial charge in [-0.2, -0.15) is 0 Å². The van der Waals surface area contributed by atoms with E-state index < -0.39 is 11.2 Å². The third-order valence-corrected chi connectivity index (χ3v) is 1.33. The van der Waals surface area contributed by atoms with Gasteiger partial charge in [-0.25, -0.2) is 9.78 Å². The predicted octanol–water partition coefficient (Wildman–Crippen LogP) is -2.36. The number of fused-ring (bicyclic) bond motifs is 1. The fourth-order valence-corrected chi connectivity index (χ4v) is 0.867. The Morgan fingerprint density at radius 1 is 1.15 bits per heavy atom. The molecule has 0 saturated carbocycles. The zero-order valence-electron chi connectivity index (χ0n) is 5.34. The van der Waals surface area contributed by atoms with E-state index in [9.17, 15) is 9.59 Å². The minimum atomic E-state index is -0.547. The average molecular weight is 200 g/mol. The van der Waals surface area contributed by atoms with E-state index in [1.54, 1.807) is 0 Å². The summed E-state index contributed by atoms with van der Waals surface area (Å²) in [6.45, 7) is 0. The van der Waals surface area contributed by atoms with Crippen molar-refractivity contribution in [3.8, 4) is 0 Å². The van der Waals surface area contributed by atoms with Crippen molar-refractivity contribution in [3.05, 3.63) is 27.2 Å². The molecule has 0 spiro atoms. The molecule has 0 fully saturated rings. The Labute approximate surface area is 116 Å². The molecule has 0 unspecified atom stereocenters. The van der Waals surface area contributed by atoms with Gasteiger partial charge in [-0.1, -0.05) is 0 Å². The Kier molecular flexibility index (Phi) is 5.19. The summed E-state index contributed by atoms with van der Waals surface area (Å²) in [6, 6.07) is 0. The van der Waals surface area contributed by atoms with Crippen LogP contribution in [0.2, 0.25) is 0 Å². The number of aromatic amines is 3. The van der Waals surface area contributed by atoms with Crippen molar-refractivity contribution in [1.82, 2.24) is 19.9 Å². The number of imidazole rings is 1. The van der Waals surface area contributed by atoms with E-state index >= 15 is 0 Å². The third-order valence-electron chi connectivity index (χ3n) is 1.33. The Morgan fingerprint density at radius 3 is 2.54 bits per heavy atom. The summed E-state index contributed by atoms with van der Waals surface area (Å²) in [5.41, 5.74) is -0.445. The summed E-state index contributed by atoms with van der Waals surface area (Å²) < 4.78 is 0. The molecule has 0 radical (unpaired) electrons. The van der Waals surface area contributed by atoms with Crippen molar-refractivity contribution < 1.29 is 0 Å². The standard InChI is InChI=1S/C5H4N4O2.2Na.2H/c10-4-2-3(7-1-6-2)8-5(11)9-4;;;;/h1H,(H3,6,7,8,9,10,11);;;;. The van der Waals surface area contributed by atoms with Gasteiger partial charge in [0, 0.05) is 0 Å². The first-order valence-corrected chi connectivity index (χ1v) is 2.93. The quantitative estimate of drug-likeness (QED) is 0.415. The molecule has 3 N–H and O–H groups in total. The molecule has 0 atom stereocenters. The maximum absolute atomic E-state index is 10.9.